The lowest BCUT2D eigenvalue weighted by atomic mass is 10.2. The third-order valence-electron chi connectivity index (χ3n) is 10.5. The van der Waals surface area contributed by atoms with Crippen molar-refractivity contribution in [3.8, 4) is 11.4 Å². The van der Waals surface area contributed by atoms with Crippen molar-refractivity contribution in [2.75, 3.05) is 16.0 Å². The molecule has 0 fully saturated rings. The third-order valence-corrected chi connectivity index (χ3v) is 17.4. The lowest BCUT2D eigenvalue weighted by Crippen LogP contribution is -2.48. The molecule has 0 amide bonds. The molecule has 0 bridgehead atoms. The Bertz CT molecular complexity index is 2470. The van der Waals surface area contributed by atoms with Gasteiger partial charge in [0.25, 0.3) is 0 Å². The van der Waals surface area contributed by atoms with Crippen LogP contribution in [0.3, 0.4) is 0 Å². The first kappa shape index (κ1) is 35.6. The van der Waals surface area contributed by atoms with Gasteiger partial charge in [-0.15, -0.1) is 0 Å². The zero-order chi connectivity index (χ0) is 37.7. The SMILES string of the molecule is Cc1nc(-c2ccccc2[P+](C[C@H]2N(c3ccccc3)C=CN2c2ccccc2P(c2ccccc2)c2ccccc2)(c2ccccc2)c2ccccc2)n[nH]1. The van der Waals surface area contributed by atoms with Crippen LogP contribution in [0.25, 0.3) is 11.4 Å². The Labute approximate surface area is 331 Å². The fraction of sp³-hybridized carbons (Fsp3) is 0.0612. The summed E-state index contributed by atoms with van der Waals surface area (Å²) in [6, 6.07) is 73.0. The highest BCUT2D eigenvalue weighted by Crippen LogP contribution is 2.59. The van der Waals surface area contributed by atoms with E-state index >= 15 is 0 Å². The van der Waals surface area contributed by atoms with E-state index in [0.717, 1.165) is 29.1 Å². The molecule has 0 saturated heterocycles. The normalized spacial score (nSPS) is 14.1. The van der Waals surface area contributed by atoms with Crippen LogP contribution in [0.15, 0.2) is 213 Å². The number of aryl methyl sites for hydroxylation is 1. The number of hydrogen-bond acceptors (Lipinski definition) is 4. The van der Waals surface area contributed by atoms with Gasteiger partial charge in [-0.05, 0) is 80.1 Å². The number of H-pyrrole nitrogens is 1. The second-order valence-electron chi connectivity index (χ2n) is 13.8. The van der Waals surface area contributed by atoms with E-state index in [9.17, 15) is 0 Å². The summed E-state index contributed by atoms with van der Waals surface area (Å²) < 4.78 is 0. The minimum Gasteiger partial charge on any atom is -0.322 e. The highest BCUT2D eigenvalue weighted by molar-refractivity contribution is 7.96. The van der Waals surface area contributed by atoms with E-state index < -0.39 is 15.2 Å². The topological polar surface area (TPSA) is 48.1 Å². The fourth-order valence-corrected chi connectivity index (χ4v) is 15.1. The van der Waals surface area contributed by atoms with Crippen molar-refractivity contribution in [3.63, 3.8) is 0 Å². The van der Waals surface area contributed by atoms with Crippen LogP contribution >= 0.6 is 15.2 Å². The molecule has 0 radical (unpaired) electrons. The fourth-order valence-electron chi connectivity index (χ4n) is 8.01. The van der Waals surface area contributed by atoms with Gasteiger partial charge >= 0.3 is 0 Å². The van der Waals surface area contributed by atoms with E-state index in [2.05, 4.69) is 227 Å². The summed E-state index contributed by atoms with van der Waals surface area (Å²) in [5.74, 6) is 1.52. The first-order valence-electron chi connectivity index (χ1n) is 19.0. The monoisotopic (exact) mass is 762 g/mol. The molecule has 1 N–H and O–H groups in total. The van der Waals surface area contributed by atoms with E-state index in [1.165, 1.54) is 37.5 Å². The van der Waals surface area contributed by atoms with Crippen molar-refractivity contribution < 1.29 is 0 Å². The van der Waals surface area contributed by atoms with Gasteiger partial charge in [-0.25, -0.2) is 4.98 Å². The van der Waals surface area contributed by atoms with Crippen molar-refractivity contribution >= 4 is 58.4 Å². The van der Waals surface area contributed by atoms with Gasteiger partial charge < -0.3 is 9.80 Å². The zero-order valence-corrected chi connectivity index (χ0v) is 33.0. The summed E-state index contributed by atoms with van der Waals surface area (Å²) in [5.41, 5.74) is 3.42. The Morgan fingerprint density at radius 3 is 1.64 bits per heavy atom. The number of hydrogen-bond donors (Lipinski definition) is 1. The average Bonchev–Trinajstić information content (AvgIpc) is 3.91. The molecular formula is C49H42N5P2+. The van der Waals surface area contributed by atoms with Crippen molar-refractivity contribution in [1.82, 2.24) is 15.2 Å². The van der Waals surface area contributed by atoms with Crippen LogP contribution in [0, 0.1) is 6.92 Å². The number of rotatable bonds is 11. The van der Waals surface area contributed by atoms with Gasteiger partial charge in [-0.2, -0.15) is 5.10 Å². The molecule has 0 aliphatic carbocycles. The molecule has 7 aromatic carbocycles. The van der Waals surface area contributed by atoms with Crippen LogP contribution in [0.1, 0.15) is 5.82 Å². The number of nitrogens with one attached hydrogen (secondary N) is 1. The Morgan fingerprint density at radius 1 is 0.554 bits per heavy atom. The predicted molar refractivity (Wildman–Crippen MR) is 240 cm³/mol. The van der Waals surface area contributed by atoms with Gasteiger partial charge in [0.15, 0.2) is 5.82 Å². The van der Waals surface area contributed by atoms with Crippen LogP contribution in [-0.2, 0) is 0 Å². The largest absolute Gasteiger partial charge is 0.322 e. The first-order valence-corrected chi connectivity index (χ1v) is 22.3. The van der Waals surface area contributed by atoms with E-state index in [0.29, 0.717) is 0 Å². The highest BCUT2D eigenvalue weighted by atomic mass is 31.2. The number of anilines is 2. The molecule has 1 atom stereocenters. The minimum atomic E-state index is -2.48. The maximum atomic E-state index is 4.91. The smallest absolute Gasteiger partial charge is 0.185 e. The van der Waals surface area contributed by atoms with Crippen molar-refractivity contribution in [3.05, 3.63) is 218 Å². The molecular weight excluding hydrogens is 721 g/mol. The molecule has 9 rings (SSSR count). The van der Waals surface area contributed by atoms with Crippen LogP contribution in [0.2, 0.25) is 0 Å². The molecule has 56 heavy (non-hydrogen) atoms. The molecule has 5 nitrogen and oxygen atoms in total. The van der Waals surface area contributed by atoms with Gasteiger partial charge in [0.05, 0.1) is 11.3 Å². The highest BCUT2D eigenvalue weighted by Gasteiger charge is 2.52. The summed E-state index contributed by atoms with van der Waals surface area (Å²) in [6.07, 6.45) is 5.30. The number of aromatic nitrogens is 3. The number of benzene rings is 7. The molecule has 0 unspecified atom stereocenters. The van der Waals surface area contributed by atoms with E-state index in [1.807, 2.05) is 6.92 Å². The summed E-state index contributed by atoms with van der Waals surface area (Å²) in [7, 11) is -3.35. The summed E-state index contributed by atoms with van der Waals surface area (Å²) in [5, 5.41) is 15.7. The third kappa shape index (κ3) is 6.75. The van der Waals surface area contributed by atoms with Crippen molar-refractivity contribution in [2.24, 2.45) is 0 Å². The Balaban J connectivity index is 1.29. The predicted octanol–water partition coefficient (Wildman–Crippen LogP) is 8.66. The molecule has 1 aliphatic heterocycles. The summed E-state index contributed by atoms with van der Waals surface area (Å²) in [4.78, 5) is 9.93. The summed E-state index contributed by atoms with van der Waals surface area (Å²) >= 11 is 0. The first-order chi connectivity index (χ1) is 27.7. The maximum Gasteiger partial charge on any atom is 0.185 e. The number of aromatic amines is 1. The molecule has 272 valence electrons. The molecule has 2 heterocycles. The Kier molecular flexibility index (Phi) is 10.1. The quantitative estimate of drug-likeness (QED) is 0.134. The average molecular weight is 763 g/mol. The van der Waals surface area contributed by atoms with Gasteiger partial charge in [-0.1, -0.05) is 146 Å². The van der Waals surface area contributed by atoms with Crippen LogP contribution in [0.5, 0.6) is 0 Å². The lowest BCUT2D eigenvalue weighted by Gasteiger charge is -2.39. The minimum absolute atomic E-state index is 0.0855. The zero-order valence-electron chi connectivity index (χ0n) is 31.2. The van der Waals surface area contributed by atoms with Gasteiger partial charge in [-0.3, -0.25) is 5.10 Å². The molecule has 0 saturated carbocycles. The molecule has 0 spiro atoms. The van der Waals surface area contributed by atoms with Gasteiger partial charge in [0.1, 0.15) is 41.3 Å². The molecule has 7 heteroatoms. The lowest BCUT2D eigenvalue weighted by molar-refractivity contribution is 0.758. The molecule has 1 aromatic heterocycles. The molecule has 1 aliphatic rings. The van der Waals surface area contributed by atoms with Gasteiger partial charge in [0.2, 0.25) is 0 Å². The Morgan fingerprint density at radius 2 is 1.05 bits per heavy atom. The summed E-state index contributed by atoms with van der Waals surface area (Å²) in [6.45, 7) is 1.97. The van der Waals surface area contributed by atoms with E-state index in [4.69, 9.17) is 10.1 Å². The van der Waals surface area contributed by atoms with Crippen molar-refractivity contribution in [1.29, 1.82) is 0 Å². The van der Waals surface area contributed by atoms with Crippen LogP contribution in [0.4, 0.5) is 11.4 Å². The second kappa shape index (κ2) is 15.9. The maximum absolute atomic E-state index is 4.91. The number of nitrogens with zero attached hydrogens (tertiary/aromatic N) is 4. The van der Waals surface area contributed by atoms with E-state index in [1.54, 1.807) is 0 Å². The van der Waals surface area contributed by atoms with Crippen LogP contribution < -0.4 is 41.6 Å². The molecule has 8 aromatic rings. The van der Waals surface area contributed by atoms with Crippen LogP contribution in [-0.4, -0.2) is 27.5 Å². The van der Waals surface area contributed by atoms with Crippen molar-refractivity contribution in [2.45, 2.75) is 13.1 Å². The number of para-hydroxylation sites is 2. The van der Waals surface area contributed by atoms with Gasteiger partial charge in [0, 0.05) is 23.4 Å². The second-order valence-corrected chi connectivity index (χ2v) is 19.5. The van der Waals surface area contributed by atoms with E-state index in [-0.39, 0.29) is 6.17 Å². The Hall–Kier alpha value is -6.12. The standard InChI is InChI=1S/C49H42N5P2/c1-38-50-49(52-51-38)44-31-17-20-34-47(44)56(42-27-13-5-14-28-42,43-29-15-6-16-30-43)37-48-53(39-21-7-2-8-22-39)35-36-54(48)45-32-18-19-33-46(45)55(40-23-9-3-10-24-40)41-25-11-4-12-26-41/h2-36,48H,37H2,1H3,(H,50,51,52)/q+1/t48-/m0/s1.